The number of nitrogens with zero attached hydrogens (tertiary/aromatic N) is 2. The number of rotatable bonds is 2. The first-order chi connectivity index (χ1) is 6.72. The average Bonchev–Trinajstić information content (AvgIpc) is 2.59. The van der Waals surface area contributed by atoms with E-state index in [0.29, 0.717) is 0 Å². The second-order valence-electron chi connectivity index (χ2n) is 3.04. The molecule has 0 saturated heterocycles. The molecule has 0 aromatic carbocycles. The van der Waals surface area contributed by atoms with Crippen LogP contribution in [0.3, 0.4) is 0 Å². The maximum Gasteiger partial charge on any atom is 0.354 e. The molecule has 0 aliphatic rings. The van der Waals surface area contributed by atoms with Gasteiger partial charge in [0.1, 0.15) is 5.69 Å². The standard InChI is InChI=1S/C10H10N2O2/c1-2-12-4-3-7-6-11-8(10(13)14)5-9(7)12/h3-6H,2H2,1H3,(H,13,14). The van der Waals surface area contributed by atoms with Crippen molar-refractivity contribution in [2.45, 2.75) is 13.5 Å². The van der Waals surface area contributed by atoms with E-state index in [-0.39, 0.29) is 5.69 Å². The third kappa shape index (κ3) is 1.25. The van der Waals surface area contributed by atoms with Crippen molar-refractivity contribution in [3.63, 3.8) is 0 Å². The van der Waals surface area contributed by atoms with Crippen molar-refractivity contribution in [2.75, 3.05) is 0 Å². The quantitative estimate of drug-likeness (QED) is 0.784. The van der Waals surface area contributed by atoms with Gasteiger partial charge >= 0.3 is 5.97 Å². The molecule has 0 radical (unpaired) electrons. The number of pyridine rings is 1. The Morgan fingerprint density at radius 3 is 3.07 bits per heavy atom. The van der Waals surface area contributed by atoms with Crippen LogP contribution < -0.4 is 0 Å². The predicted molar refractivity (Wildman–Crippen MR) is 52.4 cm³/mol. The summed E-state index contributed by atoms with van der Waals surface area (Å²) in [6, 6.07) is 3.53. The first kappa shape index (κ1) is 8.74. The lowest BCUT2D eigenvalue weighted by atomic mass is 10.3. The van der Waals surface area contributed by atoms with E-state index in [4.69, 9.17) is 5.11 Å². The summed E-state index contributed by atoms with van der Waals surface area (Å²) in [5, 5.41) is 9.74. The molecule has 0 saturated carbocycles. The molecule has 0 aliphatic heterocycles. The van der Waals surface area contributed by atoms with Gasteiger partial charge in [-0.3, -0.25) is 0 Å². The molecule has 2 aromatic heterocycles. The van der Waals surface area contributed by atoms with Gasteiger partial charge in [-0.2, -0.15) is 0 Å². The molecule has 4 heteroatoms. The normalized spacial score (nSPS) is 10.6. The Bertz CT molecular complexity index is 488. The van der Waals surface area contributed by atoms with Gasteiger partial charge in [0.05, 0.1) is 5.52 Å². The van der Waals surface area contributed by atoms with Crippen molar-refractivity contribution in [1.29, 1.82) is 0 Å². The maximum absolute atomic E-state index is 10.7. The number of carboxylic acid groups (broad SMARTS) is 1. The second kappa shape index (κ2) is 3.14. The molecule has 0 fully saturated rings. The number of fused-ring (bicyclic) bond motifs is 1. The van der Waals surface area contributed by atoms with Gasteiger partial charge in [0.2, 0.25) is 0 Å². The Morgan fingerprint density at radius 2 is 2.43 bits per heavy atom. The number of hydrogen-bond acceptors (Lipinski definition) is 2. The van der Waals surface area contributed by atoms with Gasteiger partial charge in [0, 0.05) is 24.3 Å². The molecule has 0 atom stereocenters. The molecule has 72 valence electrons. The van der Waals surface area contributed by atoms with Crippen molar-refractivity contribution in [1.82, 2.24) is 9.55 Å². The molecule has 0 spiro atoms. The molecule has 0 bridgehead atoms. The third-order valence-corrected chi connectivity index (χ3v) is 2.22. The Hall–Kier alpha value is -1.84. The molecular formula is C10H10N2O2. The number of carbonyl (C=O) groups is 1. The summed E-state index contributed by atoms with van der Waals surface area (Å²) in [6.45, 7) is 2.84. The van der Waals surface area contributed by atoms with E-state index in [0.717, 1.165) is 17.4 Å². The van der Waals surface area contributed by atoms with Crippen LogP contribution in [0.4, 0.5) is 0 Å². The topological polar surface area (TPSA) is 55.1 Å². The monoisotopic (exact) mass is 190 g/mol. The molecule has 14 heavy (non-hydrogen) atoms. The van der Waals surface area contributed by atoms with Crippen LogP contribution in [-0.2, 0) is 6.54 Å². The fourth-order valence-electron chi connectivity index (χ4n) is 1.48. The molecule has 0 amide bonds. The van der Waals surface area contributed by atoms with E-state index in [2.05, 4.69) is 4.98 Å². The lowest BCUT2D eigenvalue weighted by Crippen LogP contribution is -2.00. The third-order valence-electron chi connectivity index (χ3n) is 2.22. The lowest BCUT2D eigenvalue weighted by Gasteiger charge is -2.00. The summed E-state index contributed by atoms with van der Waals surface area (Å²) < 4.78 is 1.99. The van der Waals surface area contributed by atoms with E-state index >= 15 is 0 Å². The SMILES string of the molecule is CCn1ccc2cnc(C(=O)O)cc21. The summed E-state index contributed by atoms with van der Waals surface area (Å²) in [5.74, 6) is -0.990. The fourth-order valence-corrected chi connectivity index (χ4v) is 1.48. The van der Waals surface area contributed by atoms with Crippen LogP contribution in [0.15, 0.2) is 24.5 Å². The van der Waals surface area contributed by atoms with E-state index < -0.39 is 5.97 Å². The minimum Gasteiger partial charge on any atom is -0.477 e. The van der Waals surface area contributed by atoms with Gasteiger partial charge in [0.25, 0.3) is 0 Å². The summed E-state index contributed by atoms with van der Waals surface area (Å²) in [4.78, 5) is 14.5. The van der Waals surface area contributed by atoms with E-state index in [1.54, 1.807) is 12.3 Å². The van der Waals surface area contributed by atoms with Gasteiger partial charge in [-0.25, -0.2) is 9.78 Å². The van der Waals surface area contributed by atoms with Crippen molar-refractivity contribution in [2.24, 2.45) is 0 Å². The number of aromatic nitrogens is 2. The number of aromatic carboxylic acids is 1. The number of carboxylic acids is 1. The van der Waals surface area contributed by atoms with Gasteiger partial charge in [-0.05, 0) is 19.1 Å². The highest BCUT2D eigenvalue weighted by molar-refractivity contribution is 5.90. The molecule has 1 N–H and O–H groups in total. The first-order valence-corrected chi connectivity index (χ1v) is 4.40. The van der Waals surface area contributed by atoms with Gasteiger partial charge in [-0.1, -0.05) is 0 Å². The predicted octanol–water partition coefficient (Wildman–Crippen LogP) is 1.75. The Morgan fingerprint density at radius 1 is 1.64 bits per heavy atom. The van der Waals surface area contributed by atoms with Crippen LogP contribution in [0.1, 0.15) is 17.4 Å². The van der Waals surface area contributed by atoms with E-state index in [9.17, 15) is 4.79 Å². The van der Waals surface area contributed by atoms with Crippen molar-refractivity contribution in [3.05, 3.63) is 30.2 Å². The zero-order chi connectivity index (χ0) is 10.1. The smallest absolute Gasteiger partial charge is 0.354 e. The Balaban J connectivity index is 2.67. The maximum atomic E-state index is 10.7. The zero-order valence-electron chi connectivity index (χ0n) is 7.77. The van der Waals surface area contributed by atoms with Crippen LogP contribution in [-0.4, -0.2) is 20.6 Å². The van der Waals surface area contributed by atoms with Crippen molar-refractivity contribution < 1.29 is 9.90 Å². The lowest BCUT2D eigenvalue weighted by molar-refractivity contribution is 0.0690. The highest BCUT2D eigenvalue weighted by Crippen LogP contribution is 2.15. The summed E-state index contributed by atoms with van der Waals surface area (Å²) >= 11 is 0. The molecular weight excluding hydrogens is 180 g/mol. The first-order valence-electron chi connectivity index (χ1n) is 4.40. The zero-order valence-corrected chi connectivity index (χ0v) is 7.77. The molecule has 2 heterocycles. The molecule has 0 aliphatic carbocycles. The minimum absolute atomic E-state index is 0.0888. The van der Waals surface area contributed by atoms with E-state index in [1.165, 1.54) is 0 Å². The minimum atomic E-state index is -0.990. The van der Waals surface area contributed by atoms with Crippen LogP contribution in [0.5, 0.6) is 0 Å². The number of hydrogen-bond donors (Lipinski definition) is 1. The van der Waals surface area contributed by atoms with Gasteiger partial charge in [-0.15, -0.1) is 0 Å². The highest BCUT2D eigenvalue weighted by atomic mass is 16.4. The highest BCUT2D eigenvalue weighted by Gasteiger charge is 2.07. The van der Waals surface area contributed by atoms with Gasteiger partial charge in [0.15, 0.2) is 0 Å². The molecule has 0 unspecified atom stereocenters. The van der Waals surface area contributed by atoms with Gasteiger partial charge < -0.3 is 9.67 Å². The summed E-state index contributed by atoms with van der Waals surface area (Å²) in [6.07, 6.45) is 3.52. The second-order valence-corrected chi connectivity index (χ2v) is 3.04. The molecule has 2 aromatic rings. The van der Waals surface area contributed by atoms with Crippen LogP contribution in [0.2, 0.25) is 0 Å². The fraction of sp³-hybridized carbons (Fsp3) is 0.200. The summed E-state index contributed by atoms with van der Waals surface area (Å²) in [5.41, 5.74) is 1.01. The number of aryl methyl sites for hydroxylation is 1. The Labute approximate surface area is 80.8 Å². The van der Waals surface area contributed by atoms with E-state index in [1.807, 2.05) is 23.8 Å². The molecule has 2 rings (SSSR count). The largest absolute Gasteiger partial charge is 0.477 e. The summed E-state index contributed by atoms with van der Waals surface area (Å²) in [7, 11) is 0. The Kier molecular flexibility index (Phi) is 1.96. The molecule has 4 nitrogen and oxygen atoms in total. The van der Waals surface area contributed by atoms with Crippen LogP contribution >= 0.6 is 0 Å². The van der Waals surface area contributed by atoms with Crippen LogP contribution in [0, 0.1) is 0 Å². The van der Waals surface area contributed by atoms with Crippen molar-refractivity contribution in [3.8, 4) is 0 Å². The van der Waals surface area contributed by atoms with Crippen LogP contribution in [0.25, 0.3) is 10.9 Å². The average molecular weight is 190 g/mol. The van der Waals surface area contributed by atoms with Crippen molar-refractivity contribution >= 4 is 16.9 Å².